The number of anilines is 2. The molecule has 2 aromatic rings. The van der Waals surface area contributed by atoms with Gasteiger partial charge < -0.3 is 10.1 Å². The van der Waals surface area contributed by atoms with Crippen LogP contribution in [0, 0.1) is 6.92 Å². The molecule has 0 unspecified atom stereocenters. The summed E-state index contributed by atoms with van der Waals surface area (Å²) >= 11 is 1.38. The number of nitrogens with one attached hydrogen (secondary N) is 1. The number of aryl methyl sites for hydroxylation is 2. The van der Waals surface area contributed by atoms with Gasteiger partial charge in [0.1, 0.15) is 11.4 Å². The van der Waals surface area contributed by atoms with E-state index in [1.165, 1.54) is 23.2 Å². The quantitative estimate of drug-likeness (QED) is 0.798. The molecule has 6 nitrogen and oxygen atoms in total. The fourth-order valence-corrected chi connectivity index (χ4v) is 4.01. The molecule has 1 aliphatic rings. The maximum Gasteiger partial charge on any atom is 0.349 e. The minimum Gasteiger partial charge on any atom is -0.448 e. The maximum atomic E-state index is 12.8. The molecule has 7 heteroatoms. The molecule has 1 aromatic heterocycles. The van der Waals surface area contributed by atoms with Crippen LogP contribution in [0.3, 0.4) is 0 Å². The van der Waals surface area contributed by atoms with Crippen molar-refractivity contribution in [2.24, 2.45) is 0 Å². The summed E-state index contributed by atoms with van der Waals surface area (Å²) in [5.41, 5.74) is 2.30. The maximum absolute atomic E-state index is 12.8. The molecular weight excluding hydrogens is 364 g/mol. The van der Waals surface area contributed by atoms with Gasteiger partial charge in [0.2, 0.25) is 5.91 Å². The average molecular weight is 386 g/mol. The Labute approximate surface area is 162 Å². The van der Waals surface area contributed by atoms with Gasteiger partial charge in [-0.15, -0.1) is 11.3 Å². The molecular formula is C20H22N2O4S. The van der Waals surface area contributed by atoms with Crippen LogP contribution in [0.1, 0.15) is 40.4 Å². The molecule has 1 aliphatic heterocycles. The minimum atomic E-state index is -0.992. The first-order chi connectivity index (χ1) is 12.9. The summed E-state index contributed by atoms with van der Waals surface area (Å²) in [6.07, 6.45) is 0.912. The molecule has 0 fully saturated rings. The van der Waals surface area contributed by atoms with Gasteiger partial charge in [0.25, 0.3) is 5.91 Å². The number of thiophene rings is 1. The Morgan fingerprint density at radius 1 is 1.33 bits per heavy atom. The number of fused-ring (bicyclic) bond motifs is 1. The van der Waals surface area contributed by atoms with Gasteiger partial charge in [0.15, 0.2) is 6.10 Å². The van der Waals surface area contributed by atoms with Gasteiger partial charge in [0, 0.05) is 4.88 Å². The number of carbonyl (C=O) groups excluding carboxylic acids is 3. The van der Waals surface area contributed by atoms with Crippen LogP contribution in [0.4, 0.5) is 11.4 Å². The molecule has 27 heavy (non-hydrogen) atoms. The zero-order chi connectivity index (χ0) is 19.6. The predicted octanol–water partition coefficient (Wildman–Crippen LogP) is 3.54. The second kappa shape index (κ2) is 7.92. The zero-order valence-corrected chi connectivity index (χ0v) is 16.4. The summed E-state index contributed by atoms with van der Waals surface area (Å²) < 4.78 is 5.40. The van der Waals surface area contributed by atoms with Crippen molar-refractivity contribution in [1.82, 2.24) is 0 Å². The lowest BCUT2D eigenvalue weighted by Gasteiger charge is -2.30. The molecule has 2 amide bonds. The third kappa shape index (κ3) is 4.03. The summed E-state index contributed by atoms with van der Waals surface area (Å²) in [5, 5.41) is 2.73. The van der Waals surface area contributed by atoms with Crippen molar-refractivity contribution in [3.05, 3.63) is 45.6 Å². The van der Waals surface area contributed by atoms with Gasteiger partial charge in [-0.3, -0.25) is 14.5 Å². The lowest BCUT2D eigenvalue weighted by molar-refractivity contribution is -0.128. The fourth-order valence-electron chi connectivity index (χ4n) is 3.06. The van der Waals surface area contributed by atoms with Gasteiger partial charge >= 0.3 is 5.97 Å². The third-order valence-corrected chi connectivity index (χ3v) is 5.48. The Morgan fingerprint density at radius 2 is 2.07 bits per heavy atom. The second-order valence-electron chi connectivity index (χ2n) is 6.48. The van der Waals surface area contributed by atoms with E-state index in [2.05, 4.69) is 12.2 Å². The number of rotatable bonds is 5. The van der Waals surface area contributed by atoms with Gasteiger partial charge in [-0.25, -0.2) is 4.79 Å². The SMILES string of the molecule is CCCc1cc(C(=O)O[C@H](C)C(=O)N2CC(=O)Nc3ccccc32)sc1C. The topological polar surface area (TPSA) is 75.7 Å². The second-order valence-corrected chi connectivity index (χ2v) is 7.74. The van der Waals surface area contributed by atoms with E-state index >= 15 is 0 Å². The van der Waals surface area contributed by atoms with Crippen LogP contribution in [-0.2, 0) is 20.7 Å². The summed E-state index contributed by atoms with van der Waals surface area (Å²) in [5.74, 6) is -1.22. The van der Waals surface area contributed by atoms with E-state index in [1.807, 2.05) is 13.0 Å². The Balaban J connectivity index is 1.73. The number of carbonyl (C=O) groups is 3. The van der Waals surface area contributed by atoms with Crippen LogP contribution >= 0.6 is 11.3 Å². The van der Waals surface area contributed by atoms with E-state index in [4.69, 9.17) is 4.74 Å². The number of hydrogen-bond donors (Lipinski definition) is 1. The number of esters is 1. The highest BCUT2D eigenvalue weighted by Crippen LogP contribution is 2.30. The molecule has 2 heterocycles. The van der Waals surface area contributed by atoms with E-state index in [0.29, 0.717) is 16.3 Å². The predicted molar refractivity (Wildman–Crippen MR) is 105 cm³/mol. The van der Waals surface area contributed by atoms with Gasteiger partial charge in [-0.2, -0.15) is 0 Å². The first-order valence-electron chi connectivity index (χ1n) is 8.91. The summed E-state index contributed by atoms with van der Waals surface area (Å²) in [6.45, 7) is 5.49. The Hall–Kier alpha value is -2.67. The standard InChI is InChI=1S/C20H22N2O4S/c1-4-7-14-10-17(27-13(14)3)20(25)26-12(2)19(24)22-11-18(23)21-15-8-5-6-9-16(15)22/h5-6,8-10,12H,4,7,11H2,1-3H3,(H,21,23)/t12-/m1/s1. The molecule has 0 bridgehead atoms. The van der Waals surface area contributed by atoms with Crippen molar-refractivity contribution in [1.29, 1.82) is 0 Å². The van der Waals surface area contributed by atoms with Crippen molar-refractivity contribution >= 4 is 40.5 Å². The molecule has 0 saturated heterocycles. The first-order valence-corrected chi connectivity index (χ1v) is 9.73. The lowest BCUT2D eigenvalue weighted by Crippen LogP contribution is -2.47. The highest BCUT2D eigenvalue weighted by atomic mass is 32.1. The van der Waals surface area contributed by atoms with Crippen LogP contribution < -0.4 is 10.2 Å². The molecule has 1 atom stereocenters. The largest absolute Gasteiger partial charge is 0.448 e. The Bertz CT molecular complexity index is 890. The van der Waals surface area contributed by atoms with E-state index in [9.17, 15) is 14.4 Å². The van der Waals surface area contributed by atoms with E-state index in [1.54, 1.807) is 24.3 Å². The van der Waals surface area contributed by atoms with Crippen LogP contribution in [0.25, 0.3) is 0 Å². The number of benzene rings is 1. The number of nitrogens with zero attached hydrogens (tertiary/aromatic N) is 1. The number of para-hydroxylation sites is 2. The Morgan fingerprint density at radius 3 is 2.81 bits per heavy atom. The fraction of sp³-hybridized carbons (Fsp3) is 0.350. The molecule has 1 N–H and O–H groups in total. The van der Waals surface area contributed by atoms with Crippen molar-refractivity contribution in [3.8, 4) is 0 Å². The van der Waals surface area contributed by atoms with E-state index < -0.39 is 18.0 Å². The van der Waals surface area contributed by atoms with Gasteiger partial charge in [0.05, 0.1) is 11.4 Å². The van der Waals surface area contributed by atoms with Crippen molar-refractivity contribution in [2.45, 2.75) is 39.7 Å². The molecule has 3 rings (SSSR count). The summed E-state index contributed by atoms with van der Waals surface area (Å²) in [6, 6.07) is 8.89. The number of ether oxygens (including phenoxy) is 1. The highest BCUT2D eigenvalue weighted by molar-refractivity contribution is 7.14. The lowest BCUT2D eigenvalue weighted by atomic mass is 10.1. The van der Waals surface area contributed by atoms with Crippen LogP contribution in [0.2, 0.25) is 0 Å². The van der Waals surface area contributed by atoms with E-state index in [0.717, 1.165) is 23.3 Å². The first kappa shape index (κ1) is 19.1. The monoisotopic (exact) mass is 386 g/mol. The zero-order valence-electron chi connectivity index (χ0n) is 15.6. The van der Waals surface area contributed by atoms with Gasteiger partial charge in [-0.1, -0.05) is 25.5 Å². The van der Waals surface area contributed by atoms with Crippen LogP contribution in [-0.4, -0.2) is 30.4 Å². The Kier molecular flexibility index (Phi) is 5.60. The van der Waals surface area contributed by atoms with Crippen molar-refractivity contribution in [3.63, 3.8) is 0 Å². The number of hydrogen-bond acceptors (Lipinski definition) is 5. The van der Waals surface area contributed by atoms with Crippen molar-refractivity contribution in [2.75, 3.05) is 16.8 Å². The van der Waals surface area contributed by atoms with Crippen LogP contribution in [0.15, 0.2) is 30.3 Å². The molecule has 0 radical (unpaired) electrons. The minimum absolute atomic E-state index is 0.101. The smallest absolute Gasteiger partial charge is 0.349 e. The molecule has 142 valence electrons. The summed E-state index contributed by atoms with van der Waals surface area (Å²) in [4.78, 5) is 40.1. The average Bonchev–Trinajstić information content (AvgIpc) is 3.01. The van der Waals surface area contributed by atoms with E-state index in [-0.39, 0.29) is 12.5 Å². The molecule has 0 saturated carbocycles. The highest BCUT2D eigenvalue weighted by Gasteiger charge is 2.31. The molecule has 0 spiro atoms. The van der Waals surface area contributed by atoms with Gasteiger partial charge in [-0.05, 0) is 44.0 Å². The number of amides is 2. The molecule has 0 aliphatic carbocycles. The van der Waals surface area contributed by atoms with Crippen LogP contribution in [0.5, 0.6) is 0 Å². The molecule has 1 aromatic carbocycles. The van der Waals surface area contributed by atoms with Crippen molar-refractivity contribution < 1.29 is 19.1 Å². The third-order valence-electron chi connectivity index (χ3n) is 4.41. The summed E-state index contributed by atoms with van der Waals surface area (Å²) in [7, 11) is 0. The normalized spacial score (nSPS) is 14.3.